The minimum absolute atomic E-state index is 0.132. The minimum Gasteiger partial charge on any atom is -0.508 e. The van der Waals surface area contributed by atoms with Crippen LogP contribution in [-0.4, -0.2) is 23.1 Å². The average molecular weight is 318 g/mol. The topological polar surface area (TPSA) is 23.5 Å². The van der Waals surface area contributed by atoms with E-state index in [-0.39, 0.29) is 16.3 Å². The van der Waals surface area contributed by atoms with E-state index in [0.29, 0.717) is 5.75 Å². The fraction of sp³-hybridized carbons (Fsp3) is 0.333. The first-order valence-corrected chi connectivity index (χ1v) is 7.96. The van der Waals surface area contributed by atoms with Crippen LogP contribution in [0.4, 0.5) is 4.39 Å². The summed E-state index contributed by atoms with van der Waals surface area (Å²) in [5, 5.41) is 10.00. The minimum atomic E-state index is -0.376. The van der Waals surface area contributed by atoms with E-state index in [1.54, 1.807) is 12.1 Å². The van der Waals surface area contributed by atoms with Crippen LogP contribution in [0.2, 0.25) is 5.02 Å². The fourth-order valence-electron chi connectivity index (χ4n) is 4.02. The number of piperidine rings is 1. The highest BCUT2D eigenvalue weighted by Gasteiger charge is 2.42. The Morgan fingerprint density at radius 1 is 1.09 bits per heavy atom. The van der Waals surface area contributed by atoms with Gasteiger partial charge in [0, 0.05) is 12.0 Å². The number of fused-ring (bicyclic) bond motifs is 2. The van der Waals surface area contributed by atoms with Crippen LogP contribution < -0.4 is 0 Å². The van der Waals surface area contributed by atoms with Crippen LogP contribution in [-0.2, 0) is 12.0 Å². The van der Waals surface area contributed by atoms with Crippen LogP contribution in [0.1, 0.15) is 29.5 Å². The van der Waals surface area contributed by atoms with E-state index in [2.05, 4.69) is 4.90 Å². The third-order valence-electron chi connectivity index (χ3n) is 5.18. The van der Waals surface area contributed by atoms with Crippen LogP contribution in [0.25, 0.3) is 0 Å². The monoisotopic (exact) mass is 317 g/mol. The van der Waals surface area contributed by atoms with Gasteiger partial charge in [0.1, 0.15) is 11.6 Å². The summed E-state index contributed by atoms with van der Waals surface area (Å²) in [7, 11) is 0. The molecular formula is C18H17ClFNO. The normalized spacial score (nSPS) is 26.5. The highest BCUT2D eigenvalue weighted by Crippen LogP contribution is 2.47. The summed E-state index contributed by atoms with van der Waals surface area (Å²) in [6.45, 7) is 2.87. The van der Waals surface area contributed by atoms with Crippen molar-refractivity contribution < 1.29 is 9.50 Å². The molecule has 4 heteroatoms. The molecular weight excluding hydrogens is 301 g/mol. The van der Waals surface area contributed by atoms with Crippen molar-refractivity contribution in [3.63, 3.8) is 0 Å². The maximum absolute atomic E-state index is 13.6. The Morgan fingerprint density at radius 2 is 1.86 bits per heavy atom. The second-order valence-corrected chi connectivity index (χ2v) is 6.74. The van der Waals surface area contributed by atoms with Gasteiger partial charge in [-0.1, -0.05) is 23.7 Å². The largest absolute Gasteiger partial charge is 0.508 e. The van der Waals surface area contributed by atoms with Gasteiger partial charge in [-0.15, -0.1) is 0 Å². The zero-order chi connectivity index (χ0) is 15.3. The molecule has 1 N–H and O–H groups in total. The molecule has 3 aliphatic heterocycles. The number of aromatic hydroxyl groups is 1. The van der Waals surface area contributed by atoms with Gasteiger partial charge in [-0.05, 0) is 66.9 Å². The van der Waals surface area contributed by atoms with Gasteiger partial charge in [-0.25, -0.2) is 4.39 Å². The molecule has 0 amide bonds. The van der Waals surface area contributed by atoms with E-state index in [4.69, 9.17) is 11.6 Å². The lowest BCUT2D eigenvalue weighted by Crippen LogP contribution is -2.39. The van der Waals surface area contributed by atoms with Gasteiger partial charge in [-0.2, -0.15) is 0 Å². The molecule has 3 aliphatic rings. The van der Waals surface area contributed by atoms with E-state index in [1.165, 1.54) is 11.6 Å². The fourth-order valence-corrected chi connectivity index (χ4v) is 4.20. The van der Waals surface area contributed by atoms with Crippen LogP contribution >= 0.6 is 11.6 Å². The lowest BCUT2D eigenvalue weighted by atomic mass is 9.68. The predicted octanol–water partition coefficient (Wildman–Crippen LogP) is 4.08. The molecule has 2 nitrogen and oxygen atoms in total. The van der Waals surface area contributed by atoms with Crippen molar-refractivity contribution in [3.8, 4) is 5.75 Å². The first-order valence-electron chi connectivity index (χ1n) is 7.59. The summed E-state index contributed by atoms with van der Waals surface area (Å²) in [5.74, 6) is -0.0765. The van der Waals surface area contributed by atoms with E-state index in [1.807, 2.05) is 18.2 Å². The molecule has 0 unspecified atom stereocenters. The zero-order valence-corrected chi connectivity index (χ0v) is 12.9. The summed E-state index contributed by atoms with van der Waals surface area (Å²) in [6.07, 6.45) is 1.99. The molecule has 0 spiro atoms. The van der Waals surface area contributed by atoms with E-state index in [9.17, 15) is 9.50 Å². The lowest BCUT2D eigenvalue weighted by molar-refractivity contribution is 0.190. The van der Waals surface area contributed by atoms with Crippen molar-refractivity contribution >= 4 is 11.6 Å². The van der Waals surface area contributed by atoms with Gasteiger partial charge >= 0.3 is 0 Å². The SMILES string of the molecule is Oc1ccc2c(c1)CN1CCC2(c2ccc(F)c(Cl)c2)CC1. The molecule has 3 heterocycles. The predicted molar refractivity (Wildman–Crippen MR) is 84.8 cm³/mol. The Morgan fingerprint density at radius 3 is 2.59 bits per heavy atom. The number of hydrogen-bond acceptors (Lipinski definition) is 2. The Hall–Kier alpha value is -1.58. The molecule has 0 atom stereocenters. The van der Waals surface area contributed by atoms with Crippen molar-refractivity contribution in [2.75, 3.05) is 13.1 Å². The molecule has 2 bridgehead atoms. The number of nitrogens with zero attached hydrogens (tertiary/aromatic N) is 1. The molecule has 5 rings (SSSR count). The van der Waals surface area contributed by atoms with Gasteiger partial charge < -0.3 is 5.11 Å². The van der Waals surface area contributed by atoms with Crippen molar-refractivity contribution in [1.29, 1.82) is 0 Å². The zero-order valence-electron chi connectivity index (χ0n) is 12.1. The summed E-state index contributed by atoms with van der Waals surface area (Å²) >= 11 is 6.03. The standard InChI is InChI=1S/C18H17ClFNO/c19-16-10-13(1-4-17(16)20)18-5-7-21(8-6-18)11-12-9-14(22)2-3-15(12)18/h1-4,9-10,22H,5-8,11H2. The van der Waals surface area contributed by atoms with Gasteiger partial charge in [0.25, 0.3) is 0 Å². The third-order valence-corrected chi connectivity index (χ3v) is 5.47. The first-order chi connectivity index (χ1) is 10.6. The van der Waals surface area contributed by atoms with Gasteiger partial charge in [0.2, 0.25) is 0 Å². The third kappa shape index (κ3) is 2.03. The number of benzene rings is 2. The Balaban J connectivity index is 1.94. The van der Waals surface area contributed by atoms with Gasteiger partial charge in [-0.3, -0.25) is 4.90 Å². The summed E-state index contributed by atoms with van der Waals surface area (Å²) in [6, 6.07) is 10.7. The van der Waals surface area contributed by atoms with Crippen molar-refractivity contribution in [2.24, 2.45) is 0 Å². The number of phenolic OH excluding ortho intramolecular Hbond substituents is 1. The molecule has 1 fully saturated rings. The maximum atomic E-state index is 13.6. The molecule has 0 saturated carbocycles. The highest BCUT2D eigenvalue weighted by molar-refractivity contribution is 6.30. The molecule has 0 radical (unpaired) electrons. The van der Waals surface area contributed by atoms with Crippen molar-refractivity contribution in [2.45, 2.75) is 24.8 Å². The van der Waals surface area contributed by atoms with E-state index >= 15 is 0 Å². The van der Waals surface area contributed by atoms with Crippen LogP contribution in [0.5, 0.6) is 5.75 Å². The molecule has 0 aliphatic carbocycles. The smallest absolute Gasteiger partial charge is 0.141 e. The Labute approximate surface area is 134 Å². The Bertz CT molecular complexity index is 738. The van der Waals surface area contributed by atoms with Gasteiger partial charge in [0.05, 0.1) is 5.02 Å². The summed E-state index contributed by atoms with van der Waals surface area (Å²) in [4.78, 5) is 2.41. The van der Waals surface area contributed by atoms with Crippen LogP contribution in [0.3, 0.4) is 0 Å². The van der Waals surface area contributed by atoms with Crippen molar-refractivity contribution in [3.05, 3.63) is 63.9 Å². The molecule has 22 heavy (non-hydrogen) atoms. The molecule has 114 valence electrons. The van der Waals surface area contributed by atoms with Crippen molar-refractivity contribution in [1.82, 2.24) is 4.90 Å². The number of hydrogen-bond donors (Lipinski definition) is 1. The summed E-state index contributed by atoms with van der Waals surface area (Å²) < 4.78 is 13.6. The molecule has 2 aromatic carbocycles. The second kappa shape index (κ2) is 4.97. The number of phenols is 1. The average Bonchev–Trinajstić information content (AvgIpc) is 2.76. The lowest BCUT2D eigenvalue weighted by Gasteiger charge is -2.39. The summed E-state index contributed by atoms with van der Waals surface area (Å²) in [5.41, 5.74) is 3.35. The number of rotatable bonds is 1. The molecule has 2 aromatic rings. The van der Waals surface area contributed by atoms with Crippen LogP contribution in [0.15, 0.2) is 36.4 Å². The Kier molecular flexibility index (Phi) is 3.17. The second-order valence-electron chi connectivity index (χ2n) is 6.33. The molecule has 0 aromatic heterocycles. The number of halogens is 2. The quantitative estimate of drug-likeness (QED) is 0.856. The van der Waals surface area contributed by atoms with Gasteiger partial charge in [0.15, 0.2) is 0 Å². The van der Waals surface area contributed by atoms with E-state index in [0.717, 1.165) is 43.6 Å². The maximum Gasteiger partial charge on any atom is 0.141 e. The highest BCUT2D eigenvalue weighted by atomic mass is 35.5. The molecule has 1 saturated heterocycles. The first kappa shape index (κ1) is 14.0. The van der Waals surface area contributed by atoms with Crippen LogP contribution in [0, 0.1) is 5.82 Å². The van der Waals surface area contributed by atoms with E-state index < -0.39 is 0 Å².